The number of aliphatic hydroxyl groups excluding tert-OH is 2. The Balaban J connectivity index is 2.90. The molecule has 1 rings (SSSR count). The lowest BCUT2D eigenvalue weighted by atomic mass is 9.89. The summed E-state index contributed by atoms with van der Waals surface area (Å²) < 4.78 is 0. The zero-order chi connectivity index (χ0) is 10.8. The largest absolute Gasteiger partial charge is 0.390 e. The van der Waals surface area contributed by atoms with Gasteiger partial charge in [-0.1, -0.05) is 30.3 Å². The first-order chi connectivity index (χ1) is 6.46. The maximum Gasteiger partial charge on any atom is 0.117 e. The van der Waals surface area contributed by atoms with Crippen molar-refractivity contribution in [2.45, 2.75) is 31.7 Å². The van der Waals surface area contributed by atoms with Crippen molar-refractivity contribution >= 4 is 0 Å². The first kappa shape index (κ1) is 11.2. The zero-order valence-electron chi connectivity index (χ0n) is 8.38. The van der Waals surface area contributed by atoms with Crippen LogP contribution in [0, 0.1) is 0 Å². The van der Waals surface area contributed by atoms with E-state index in [0.29, 0.717) is 5.56 Å². The van der Waals surface area contributed by atoms with E-state index in [0.717, 1.165) is 0 Å². The highest BCUT2D eigenvalue weighted by Crippen LogP contribution is 2.28. The van der Waals surface area contributed by atoms with Crippen LogP contribution in [-0.2, 0) is 0 Å². The van der Waals surface area contributed by atoms with E-state index in [1.54, 1.807) is 24.3 Å². The molecule has 3 heteroatoms. The molecule has 3 nitrogen and oxygen atoms in total. The molecule has 0 saturated heterocycles. The van der Waals surface area contributed by atoms with Gasteiger partial charge in [0.15, 0.2) is 0 Å². The van der Waals surface area contributed by atoms with Gasteiger partial charge in [0, 0.05) is 0 Å². The summed E-state index contributed by atoms with van der Waals surface area (Å²) in [5, 5.41) is 28.9. The maximum atomic E-state index is 9.81. The molecule has 0 fully saturated rings. The first-order valence-electron chi connectivity index (χ1n) is 4.59. The van der Waals surface area contributed by atoms with Gasteiger partial charge in [0.25, 0.3) is 0 Å². The molecule has 78 valence electrons. The van der Waals surface area contributed by atoms with Gasteiger partial charge in [0.05, 0.1) is 6.10 Å². The Kier molecular flexibility index (Phi) is 3.26. The predicted molar refractivity (Wildman–Crippen MR) is 53.7 cm³/mol. The van der Waals surface area contributed by atoms with Crippen molar-refractivity contribution in [3.05, 3.63) is 35.9 Å². The lowest BCUT2D eigenvalue weighted by Gasteiger charge is -2.31. The van der Waals surface area contributed by atoms with Gasteiger partial charge in [-0.05, 0) is 19.4 Å². The van der Waals surface area contributed by atoms with Crippen LogP contribution in [0.25, 0.3) is 0 Å². The summed E-state index contributed by atoms with van der Waals surface area (Å²) in [6.07, 6.45) is -2.07. The van der Waals surface area contributed by atoms with Crippen LogP contribution in [0.2, 0.25) is 0 Å². The topological polar surface area (TPSA) is 60.7 Å². The van der Waals surface area contributed by atoms with Crippen molar-refractivity contribution in [1.82, 2.24) is 0 Å². The van der Waals surface area contributed by atoms with Gasteiger partial charge >= 0.3 is 0 Å². The van der Waals surface area contributed by atoms with Crippen molar-refractivity contribution in [3.63, 3.8) is 0 Å². The fourth-order valence-electron chi connectivity index (χ4n) is 1.20. The van der Waals surface area contributed by atoms with Crippen LogP contribution in [0.4, 0.5) is 0 Å². The van der Waals surface area contributed by atoms with Crippen LogP contribution in [0.3, 0.4) is 0 Å². The van der Waals surface area contributed by atoms with Crippen LogP contribution in [-0.4, -0.2) is 27.0 Å². The fraction of sp³-hybridized carbons (Fsp3) is 0.455. The average Bonchev–Trinajstić information content (AvgIpc) is 2.17. The maximum absolute atomic E-state index is 9.81. The highest BCUT2D eigenvalue weighted by atomic mass is 16.4. The Labute approximate surface area is 83.6 Å². The minimum atomic E-state index is -1.53. The van der Waals surface area contributed by atoms with Gasteiger partial charge in [-0.15, -0.1) is 0 Å². The molecule has 0 amide bonds. The van der Waals surface area contributed by atoms with Gasteiger partial charge < -0.3 is 15.3 Å². The molecular weight excluding hydrogens is 180 g/mol. The predicted octanol–water partition coefficient (Wildman–Crippen LogP) is 0.852. The minimum Gasteiger partial charge on any atom is -0.390 e. The smallest absolute Gasteiger partial charge is 0.117 e. The molecule has 0 aromatic heterocycles. The molecule has 0 heterocycles. The third-order valence-electron chi connectivity index (χ3n) is 2.51. The van der Waals surface area contributed by atoms with Crippen molar-refractivity contribution in [1.29, 1.82) is 0 Å². The molecule has 1 aromatic carbocycles. The summed E-state index contributed by atoms with van der Waals surface area (Å²) in [7, 11) is 0. The molecular formula is C11H16O3. The Morgan fingerprint density at radius 3 is 2.07 bits per heavy atom. The van der Waals surface area contributed by atoms with Crippen molar-refractivity contribution in [2.24, 2.45) is 0 Å². The third-order valence-corrected chi connectivity index (χ3v) is 2.51. The Morgan fingerprint density at radius 2 is 1.64 bits per heavy atom. The quantitative estimate of drug-likeness (QED) is 0.671. The average molecular weight is 196 g/mol. The van der Waals surface area contributed by atoms with Crippen LogP contribution in [0.15, 0.2) is 30.3 Å². The van der Waals surface area contributed by atoms with E-state index in [1.807, 2.05) is 6.07 Å². The molecule has 0 aliphatic heterocycles. The van der Waals surface area contributed by atoms with Gasteiger partial charge in [-0.25, -0.2) is 0 Å². The first-order valence-corrected chi connectivity index (χ1v) is 4.59. The second kappa shape index (κ2) is 4.09. The van der Waals surface area contributed by atoms with Crippen LogP contribution in [0.1, 0.15) is 25.5 Å². The zero-order valence-corrected chi connectivity index (χ0v) is 8.38. The highest BCUT2D eigenvalue weighted by Gasteiger charge is 2.36. The second-order valence-corrected chi connectivity index (χ2v) is 3.72. The fourth-order valence-corrected chi connectivity index (χ4v) is 1.20. The molecule has 0 bridgehead atoms. The van der Waals surface area contributed by atoms with Gasteiger partial charge in [0.2, 0.25) is 0 Å². The molecule has 0 spiro atoms. The molecule has 0 radical (unpaired) electrons. The number of rotatable bonds is 3. The van der Waals surface area contributed by atoms with E-state index in [2.05, 4.69) is 0 Å². The lowest BCUT2D eigenvalue weighted by molar-refractivity contribution is -0.130. The van der Waals surface area contributed by atoms with E-state index < -0.39 is 17.8 Å². The van der Waals surface area contributed by atoms with Crippen LogP contribution < -0.4 is 0 Å². The van der Waals surface area contributed by atoms with Crippen molar-refractivity contribution in [3.8, 4) is 0 Å². The van der Waals surface area contributed by atoms with Crippen molar-refractivity contribution in [2.75, 3.05) is 0 Å². The molecule has 0 aliphatic rings. The molecule has 3 atom stereocenters. The number of aliphatic hydroxyl groups is 3. The van der Waals surface area contributed by atoms with Crippen LogP contribution in [0.5, 0.6) is 0 Å². The van der Waals surface area contributed by atoms with E-state index >= 15 is 0 Å². The third kappa shape index (κ3) is 2.12. The SMILES string of the molecule is CC(O)C(C)(O)C(O)c1ccccc1. The summed E-state index contributed by atoms with van der Waals surface area (Å²) in [6.45, 7) is 2.86. The Hall–Kier alpha value is -0.900. The summed E-state index contributed by atoms with van der Waals surface area (Å²) in [5.74, 6) is 0. The molecule has 0 aliphatic carbocycles. The van der Waals surface area contributed by atoms with E-state index in [9.17, 15) is 15.3 Å². The summed E-state index contributed by atoms with van der Waals surface area (Å²) in [6, 6.07) is 8.80. The van der Waals surface area contributed by atoms with Crippen LogP contribution >= 0.6 is 0 Å². The number of hydrogen-bond donors (Lipinski definition) is 3. The lowest BCUT2D eigenvalue weighted by Crippen LogP contribution is -2.43. The van der Waals surface area contributed by atoms with Gasteiger partial charge in [-0.2, -0.15) is 0 Å². The molecule has 0 saturated carbocycles. The summed E-state index contributed by atoms with van der Waals surface area (Å²) >= 11 is 0. The molecule has 1 aromatic rings. The number of hydrogen-bond acceptors (Lipinski definition) is 3. The summed E-state index contributed by atoms with van der Waals surface area (Å²) in [5.41, 5.74) is -0.931. The monoisotopic (exact) mass is 196 g/mol. The van der Waals surface area contributed by atoms with Gasteiger partial charge in [-0.3, -0.25) is 0 Å². The minimum absolute atomic E-state index is 0.596. The molecule has 14 heavy (non-hydrogen) atoms. The standard InChI is InChI=1S/C11H16O3/c1-8(12)11(2,14)10(13)9-6-4-3-5-7-9/h3-8,10,12-14H,1-2H3. The Morgan fingerprint density at radius 1 is 1.14 bits per heavy atom. The van der Waals surface area contributed by atoms with Crippen molar-refractivity contribution < 1.29 is 15.3 Å². The second-order valence-electron chi connectivity index (χ2n) is 3.72. The molecule has 3 unspecified atom stereocenters. The van der Waals surface area contributed by atoms with E-state index in [4.69, 9.17) is 0 Å². The molecule has 3 N–H and O–H groups in total. The summed E-state index contributed by atoms with van der Waals surface area (Å²) in [4.78, 5) is 0. The normalized spacial score (nSPS) is 19.8. The van der Waals surface area contributed by atoms with E-state index in [-0.39, 0.29) is 0 Å². The Bertz CT molecular complexity index is 280. The highest BCUT2D eigenvalue weighted by molar-refractivity contribution is 5.20. The number of benzene rings is 1. The van der Waals surface area contributed by atoms with E-state index in [1.165, 1.54) is 13.8 Å². The van der Waals surface area contributed by atoms with Gasteiger partial charge in [0.1, 0.15) is 11.7 Å².